The molecule has 4 aromatic rings. The van der Waals surface area contributed by atoms with Gasteiger partial charge in [0.15, 0.2) is 23.2 Å². The number of unbranched alkanes of at least 4 members (excludes halogenated alkanes) is 5. The van der Waals surface area contributed by atoms with E-state index in [-0.39, 0.29) is 5.75 Å². The maximum atomic E-state index is 11.0. The predicted molar refractivity (Wildman–Crippen MR) is 159 cm³/mol. The van der Waals surface area contributed by atoms with Crippen molar-refractivity contribution >= 4 is 0 Å². The molecular weight excluding hydrogens is 484 g/mol. The van der Waals surface area contributed by atoms with Crippen molar-refractivity contribution in [3.05, 3.63) is 76.9 Å². The zero-order valence-corrected chi connectivity index (χ0v) is 23.8. The van der Waals surface area contributed by atoms with Gasteiger partial charge in [0, 0.05) is 23.7 Å². The largest absolute Gasteiger partial charge is 0.507 e. The minimum absolute atomic E-state index is 0.0539. The summed E-state index contributed by atoms with van der Waals surface area (Å²) < 4.78 is 0. The summed E-state index contributed by atoms with van der Waals surface area (Å²) in [4.78, 5) is 20.2. The van der Waals surface area contributed by atoms with Crippen molar-refractivity contribution in [1.29, 1.82) is 0 Å². The Labute approximate surface area is 232 Å². The van der Waals surface area contributed by atoms with Crippen LogP contribution in [-0.2, 0) is 0 Å². The minimum atomic E-state index is 0.0539. The fraction of sp³-hybridized carbons (Fsp3) is 0.364. The van der Waals surface area contributed by atoms with Gasteiger partial charge in [0.25, 0.3) is 0 Å². The second kappa shape index (κ2) is 13.3. The van der Waals surface area contributed by atoms with Gasteiger partial charge in [-0.2, -0.15) is 5.48 Å². The van der Waals surface area contributed by atoms with Crippen molar-refractivity contribution in [3.8, 4) is 45.7 Å². The van der Waals surface area contributed by atoms with Crippen LogP contribution in [0.3, 0.4) is 0 Å². The third-order valence-corrected chi connectivity index (χ3v) is 6.91. The maximum Gasteiger partial charge on any atom is 0.167 e. The first-order valence-electron chi connectivity index (χ1n) is 14.0. The van der Waals surface area contributed by atoms with Crippen LogP contribution >= 0.6 is 0 Å². The minimum Gasteiger partial charge on any atom is -0.507 e. The van der Waals surface area contributed by atoms with Gasteiger partial charge in [-0.1, -0.05) is 86.6 Å². The van der Waals surface area contributed by atoms with E-state index in [1.54, 1.807) is 12.1 Å². The molecule has 1 heterocycles. The Kier molecular flexibility index (Phi) is 9.66. The Morgan fingerprint density at radius 2 is 1.15 bits per heavy atom. The average Bonchev–Trinajstić information content (AvgIpc) is 2.90. The molecule has 4 rings (SSSR count). The third-order valence-electron chi connectivity index (χ3n) is 6.91. The summed E-state index contributed by atoms with van der Waals surface area (Å²) in [6.45, 7) is 11.3. The SMILES string of the molecule is CCCCCCCCNOc1ccc(-c2nc(-c3ccc(C)cc3C)nc(-c3ccc(C)cc3C)n2)c(O)c1. The summed E-state index contributed by atoms with van der Waals surface area (Å²) in [5.41, 5.74) is 9.94. The van der Waals surface area contributed by atoms with E-state index < -0.39 is 0 Å². The van der Waals surface area contributed by atoms with Gasteiger partial charge in [0.2, 0.25) is 0 Å². The highest BCUT2D eigenvalue weighted by Gasteiger charge is 2.17. The quantitative estimate of drug-likeness (QED) is 0.144. The molecule has 0 radical (unpaired) electrons. The first kappa shape index (κ1) is 28.2. The molecule has 0 aliphatic rings. The number of nitrogens with zero attached hydrogens (tertiary/aromatic N) is 3. The van der Waals surface area contributed by atoms with E-state index in [4.69, 9.17) is 19.8 Å². The van der Waals surface area contributed by atoms with E-state index in [0.717, 1.165) is 35.2 Å². The van der Waals surface area contributed by atoms with Gasteiger partial charge in [-0.15, -0.1) is 0 Å². The number of aromatic nitrogens is 3. The second-order valence-electron chi connectivity index (χ2n) is 10.4. The molecule has 0 fully saturated rings. The Morgan fingerprint density at radius 3 is 1.69 bits per heavy atom. The standard InChI is InChI=1S/C33H40N4O2/c1-6-7-8-9-10-11-18-34-39-26-14-17-29(30(38)21-26)33-36-31(27-15-12-22(2)19-24(27)4)35-32(37-33)28-16-13-23(3)20-25(28)5/h12-17,19-21,34,38H,6-11,18H2,1-5H3. The van der Waals surface area contributed by atoms with Crippen molar-refractivity contribution in [3.63, 3.8) is 0 Å². The van der Waals surface area contributed by atoms with Crippen LogP contribution in [0.25, 0.3) is 34.2 Å². The Bertz CT molecular complexity index is 1350. The number of nitrogens with one attached hydrogen (secondary N) is 1. The van der Waals surface area contributed by atoms with Gasteiger partial charge >= 0.3 is 0 Å². The normalized spacial score (nSPS) is 11.1. The highest BCUT2D eigenvalue weighted by Crippen LogP contribution is 2.33. The number of benzene rings is 3. The summed E-state index contributed by atoms with van der Waals surface area (Å²) in [7, 11) is 0. The van der Waals surface area contributed by atoms with Crippen molar-refractivity contribution in [2.75, 3.05) is 6.54 Å². The number of hydroxylamine groups is 1. The molecule has 204 valence electrons. The summed E-state index contributed by atoms with van der Waals surface area (Å²) in [5.74, 6) is 2.17. The van der Waals surface area contributed by atoms with E-state index in [1.807, 2.05) is 18.2 Å². The predicted octanol–water partition coefficient (Wildman–Crippen LogP) is 8.06. The molecule has 0 saturated carbocycles. The fourth-order valence-corrected chi connectivity index (χ4v) is 4.74. The zero-order valence-electron chi connectivity index (χ0n) is 23.8. The fourth-order valence-electron chi connectivity index (χ4n) is 4.74. The Hall–Kier alpha value is -3.77. The molecular formula is C33H40N4O2. The summed E-state index contributed by atoms with van der Waals surface area (Å²) in [5, 5.41) is 11.0. The van der Waals surface area contributed by atoms with Gasteiger partial charge in [-0.05, 0) is 57.4 Å². The molecule has 0 saturated heterocycles. The van der Waals surface area contributed by atoms with Crippen LogP contribution < -0.4 is 10.3 Å². The molecule has 0 atom stereocenters. The van der Waals surface area contributed by atoms with E-state index in [0.29, 0.717) is 28.8 Å². The molecule has 1 aromatic heterocycles. The Balaban J connectivity index is 1.60. The highest BCUT2D eigenvalue weighted by molar-refractivity contribution is 5.72. The lowest BCUT2D eigenvalue weighted by molar-refractivity contribution is 0.193. The summed E-state index contributed by atoms with van der Waals surface area (Å²) in [6, 6.07) is 17.7. The lowest BCUT2D eigenvalue weighted by Crippen LogP contribution is -2.19. The number of aromatic hydroxyl groups is 1. The van der Waals surface area contributed by atoms with Crippen LogP contribution in [0.1, 0.15) is 67.7 Å². The van der Waals surface area contributed by atoms with Crippen LogP contribution in [0, 0.1) is 27.7 Å². The van der Waals surface area contributed by atoms with Crippen LogP contribution in [-0.4, -0.2) is 26.6 Å². The number of phenolic OH excluding ortho intramolecular Hbond substituents is 1. The van der Waals surface area contributed by atoms with Gasteiger partial charge in [0.1, 0.15) is 5.75 Å². The van der Waals surface area contributed by atoms with Gasteiger partial charge < -0.3 is 9.94 Å². The third kappa shape index (κ3) is 7.42. The second-order valence-corrected chi connectivity index (χ2v) is 10.4. The monoisotopic (exact) mass is 524 g/mol. The number of aryl methyl sites for hydroxylation is 4. The first-order valence-corrected chi connectivity index (χ1v) is 14.0. The molecule has 39 heavy (non-hydrogen) atoms. The van der Waals surface area contributed by atoms with Crippen LogP contribution in [0.5, 0.6) is 11.5 Å². The molecule has 0 bridgehead atoms. The lowest BCUT2D eigenvalue weighted by Gasteiger charge is -2.13. The topological polar surface area (TPSA) is 80.2 Å². The number of rotatable bonds is 12. The lowest BCUT2D eigenvalue weighted by atomic mass is 10.0. The molecule has 6 heteroatoms. The van der Waals surface area contributed by atoms with Crippen molar-refractivity contribution in [2.24, 2.45) is 0 Å². The average molecular weight is 525 g/mol. The summed E-state index contributed by atoms with van der Waals surface area (Å²) >= 11 is 0. The number of hydrogen-bond acceptors (Lipinski definition) is 6. The van der Waals surface area contributed by atoms with Gasteiger partial charge in [-0.25, -0.2) is 15.0 Å². The van der Waals surface area contributed by atoms with Crippen LogP contribution in [0.2, 0.25) is 0 Å². The van der Waals surface area contributed by atoms with Gasteiger partial charge in [0.05, 0.1) is 5.56 Å². The Morgan fingerprint density at radius 1 is 0.641 bits per heavy atom. The molecule has 0 aliphatic carbocycles. The summed E-state index contributed by atoms with van der Waals surface area (Å²) in [6.07, 6.45) is 7.35. The smallest absolute Gasteiger partial charge is 0.167 e. The van der Waals surface area contributed by atoms with E-state index >= 15 is 0 Å². The zero-order chi connectivity index (χ0) is 27.8. The molecule has 0 aliphatic heterocycles. The van der Waals surface area contributed by atoms with E-state index in [2.05, 4.69) is 64.4 Å². The van der Waals surface area contributed by atoms with Crippen molar-refractivity contribution < 1.29 is 9.94 Å². The van der Waals surface area contributed by atoms with Crippen LogP contribution in [0.15, 0.2) is 54.6 Å². The molecule has 3 aromatic carbocycles. The molecule has 0 spiro atoms. The maximum absolute atomic E-state index is 11.0. The molecule has 2 N–H and O–H groups in total. The van der Waals surface area contributed by atoms with E-state index in [1.165, 1.54) is 43.2 Å². The van der Waals surface area contributed by atoms with Crippen molar-refractivity contribution in [2.45, 2.75) is 73.1 Å². The first-order chi connectivity index (χ1) is 18.9. The van der Waals surface area contributed by atoms with E-state index in [9.17, 15) is 5.11 Å². The molecule has 0 unspecified atom stereocenters. The van der Waals surface area contributed by atoms with Gasteiger partial charge in [-0.3, -0.25) is 0 Å². The van der Waals surface area contributed by atoms with Crippen molar-refractivity contribution in [1.82, 2.24) is 20.4 Å². The number of phenols is 1. The molecule has 6 nitrogen and oxygen atoms in total. The molecule has 0 amide bonds. The number of hydrogen-bond donors (Lipinski definition) is 2. The highest BCUT2D eigenvalue weighted by atomic mass is 16.6. The van der Waals surface area contributed by atoms with Crippen LogP contribution in [0.4, 0.5) is 0 Å².